The van der Waals surface area contributed by atoms with Crippen LogP contribution >= 0.6 is 11.6 Å². The first kappa shape index (κ1) is 15.8. The van der Waals surface area contributed by atoms with E-state index in [2.05, 4.69) is 4.90 Å². The molecule has 0 aromatic heterocycles. The second-order valence-corrected chi connectivity index (χ2v) is 6.14. The van der Waals surface area contributed by atoms with Crippen LogP contribution in [-0.4, -0.2) is 24.2 Å². The zero-order valence-corrected chi connectivity index (χ0v) is 13.5. The summed E-state index contributed by atoms with van der Waals surface area (Å²) in [6.45, 7) is 0.658. The van der Waals surface area contributed by atoms with Gasteiger partial charge < -0.3 is 10.6 Å². The Morgan fingerprint density at radius 2 is 2.09 bits per heavy atom. The summed E-state index contributed by atoms with van der Waals surface area (Å²) in [6.07, 6.45) is 0.425. The molecular weight excluding hydrogens is 314 g/mol. The normalized spacial score (nSPS) is 17.1. The van der Waals surface area contributed by atoms with E-state index in [1.54, 1.807) is 6.07 Å². The fraction of sp³-hybridized carbons (Fsp3) is 0.235. The SMILES string of the molecule is CN(Cc1ccc2c(c1)C[C@H](N)C(=O)N2O)c1ccccc1Cl. The van der Waals surface area contributed by atoms with Gasteiger partial charge in [-0.25, -0.2) is 0 Å². The molecule has 2 aromatic carbocycles. The van der Waals surface area contributed by atoms with Crippen LogP contribution in [0.1, 0.15) is 11.1 Å². The molecule has 1 aliphatic rings. The molecule has 1 amide bonds. The molecule has 0 saturated heterocycles. The number of hydrogen-bond acceptors (Lipinski definition) is 4. The third-order valence-corrected chi connectivity index (χ3v) is 4.34. The number of carbonyl (C=O) groups is 1. The van der Waals surface area contributed by atoms with Crippen molar-refractivity contribution in [2.24, 2.45) is 5.73 Å². The third-order valence-electron chi connectivity index (χ3n) is 4.02. The maximum atomic E-state index is 11.7. The van der Waals surface area contributed by atoms with Crippen LogP contribution in [0.25, 0.3) is 0 Å². The second kappa shape index (κ2) is 6.20. The number of para-hydroxylation sites is 1. The highest BCUT2D eigenvalue weighted by atomic mass is 35.5. The first-order valence-electron chi connectivity index (χ1n) is 7.33. The number of nitrogens with zero attached hydrogens (tertiary/aromatic N) is 2. The molecule has 0 bridgehead atoms. The molecule has 23 heavy (non-hydrogen) atoms. The fourth-order valence-corrected chi connectivity index (χ4v) is 3.11. The van der Waals surface area contributed by atoms with Crippen molar-refractivity contribution < 1.29 is 10.0 Å². The number of halogens is 1. The fourth-order valence-electron chi connectivity index (χ4n) is 2.83. The minimum absolute atomic E-state index is 0.425. The Morgan fingerprint density at radius 1 is 1.35 bits per heavy atom. The van der Waals surface area contributed by atoms with Crippen LogP contribution in [0.2, 0.25) is 5.02 Å². The number of fused-ring (bicyclic) bond motifs is 1. The van der Waals surface area contributed by atoms with Gasteiger partial charge in [0.1, 0.15) is 0 Å². The van der Waals surface area contributed by atoms with Crippen LogP contribution < -0.4 is 15.7 Å². The highest BCUT2D eigenvalue weighted by Gasteiger charge is 2.29. The molecule has 120 valence electrons. The van der Waals surface area contributed by atoms with Crippen molar-refractivity contribution in [2.75, 3.05) is 17.0 Å². The number of nitrogens with two attached hydrogens (primary N) is 1. The van der Waals surface area contributed by atoms with E-state index in [1.807, 2.05) is 43.4 Å². The Bertz CT molecular complexity index is 750. The largest absolute Gasteiger partial charge is 0.369 e. The summed E-state index contributed by atoms with van der Waals surface area (Å²) in [4.78, 5) is 13.8. The number of carbonyl (C=O) groups excluding carboxylic acids is 1. The van der Waals surface area contributed by atoms with Crippen molar-refractivity contribution in [1.82, 2.24) is 0 Å². The molecule has 5 nitrogen and oxygen atoms in total. The smallest absolute Gasteiger partial charge is 0.267 e. The molecule has 1 aliphatic heterocycles. The Labute approximate surface area is 139 Å². The van der Waals surface area contributed by atoms with E-state index >= 15 is 0 Å². The first-order chi connectivity index (χ1) is 11.0. The minimum Gasteiger partial charge on any atom is -0.369 e. The topological polar surface area (TPSA) is 69.8 Å². The molecule has 1 atom stereocenters. The number of anilines is 2. The van der Waals surface area contributed by atoms with Gasteiger partial charge in [-0.2, -0.15) is 5.06 Å². The van der Waals surface area contributed by atoms with Crippen molar-refractivity contribution in [3.05, 3.63) is 58.6 Å². The summed E-state index contributed by atoms with van der Waals surface area (Å²) in [6, 6.07) is 12.6. The summed E-state index contributed by atoms with van der Waals surface area (Å²) in [5, 5.41) is 11.2. The summed E-state index contributed by atoms with van der Waals surface area (Å²) in [7, 11) is 1.97. The zero-order chi connectivity index (χ0) is 16.6. The average Bonchev–Trinajstić information content (AvgIpc) is 2.53. The molecule has 6 heteroatoms. The first-order valence-corrected chi connectivity index (χ1v) is 7.71. The van der Waals surface area contributed by atoms with Gasteiger partial charge in [-0.3, -0.25) is 10.0 Å². The van der Waals surface area contributed by atoms with E-state index in [9.17, 15) is 10.0 Å². The van der Waals surface area contributed by atoms with Crippen LogP contribution in [0.5, 0.6) is 0 Å². The molecule has 0 spiro atoms. The Morgan fingerprint density at radius 3 is 2.83 bits per heavy atom. The van der Waals surface area contributed by atoms with Crippen molar-refractivity contribution in [3.8, 4) is 0 Å². The molecular formula is C17H18ClN3O2. The lowest BCUT2D eigenvalue weighted by Crippen LogP contribution is -2.47. The molecule has 3 N–H and O–H groups in total. The molecule has 1 heterocycles. The minimum atomic E-state index is -0.705. The lowest BCUT2D eigenvalue weighted by molar-refractivity contribution is -0.125. The molecule has 0 fully saturated rings. The highest BCUT2D eigenvalue weighted by molar-refractivity contribution is 6.33. The maximum Gasteiger partial charge on any atom is 0.267 e. The van der Waals surface area contributed by atoms with E-state index in [1.165, 1.54) is 0 Å². The van der Waals surface area contributed by atoms with E-state index in [-0.39, 0.29) is 0 Å². The van der Waals surface area contributed by atoms with Gasteiger partial charge in [-0.05, 0) is 35.7 Å². The Kier molecular flexibility index (Phi) is 4.26. The lowest BCUT2D eigenvalue weighted by Gasteiger charge is -2.28. The molecule has 3 rings (SSSR count). The number of amides is 1. The summed E-state index contributed by atoms with van der Waals surface area (Å²) in [5.74, 6) is -0.474. The number of rotatable bonds is 3. The van der Waals surface area contributed by atoms with Crippen LogP contribution in [-0.2, 0) is 17.8 Å². The highest BCUT2D eigenvalue weighted by Crippen LogP contribution is 2.29. The van der Waals surface area contributed by atoms with E-state index < -0.39 is 11.9 Å². The van der Waals surface area contributed by atoms with Gasteiger partial charge in [0.25, 0.3) is 5.91 Å². The predicted molar refractivity (Wildman–Crippen MR) is 91.0 cm³/mol. The maximum absolute atomic E-state index is 11.7. The van der Waals surface area contributed by atoms with Gasteiger partial charge >= 0.3 is 0 Å². The van der Waals surface area contributed by atoms with Gasteiger partial charge in [0.2, 0.25) is 0 Å². The van der Waals surface area contributed by atoms with Crippen LogP contribution in [0.3, 0.4) is 0 Å². The van der Waals surface area contributed by atoms with Crippen molar-refractivity contribution >= 4 is 28.9 Å². The summed E-state index contributed by atoms with van der Waals surface area (Å²) in [5.41, 5.74) is 9.14. The molecule has 0 saturated carbocycles. The van der Waals surface area contributed by atoms with Crippen LogP contribution in [0.4, 0.5) is 11.4 Å². The van der Waals surface area contributed by atoms with Crippen LogP contribution in [0, 0.1) is 0 Å². The number of hydrogen-bond donors (Lipinski definition) is 2. The van der Waals surface area contributed by atoms with Crippen LogP contribution in [0.15, 0.2) is 42.5 Å². The number of benzene rings is 2. The lowest BCUT2D eigenvalue weighted by atomic mass is 9.97. The summed E-state index contributed by atoms with van der Waals surface area (Å²) >= 11 is 6.22. The van der Waals surface area contributed by atoms with E-state index in [0.717, 1.165) is 16.8 Å². The number of hydroxylamine groups is 1. The van der Waals surface area contributed by atoms with Crippen molar-refractivity contribution in [3.63, 3.8) is 0 Å². The van der Waals surface area contributed by atoms with Gasteiger partial charge in [-0.1, -0.05) is 35.9 Å². The summed E-state index contributed by atoms with van der Waals surface area (Å²) < 4.78 is 0. The van der Waals surface area contributed by atoms with E-state index in [4.69, 9.17) is 17.3 Å². The third kappa shape index (κ3) is 3.03. The average molecular weight is 332 g/mol. The molecule has 0 radical (unpaired) electrons. The zero-order valence-electron chi connectivity index (χ0n) is 12.7. The molecule has 2 aromatic rings. The van der Waals surface area contributed by atoms with Crippen molar-refractivity contribution in [1.29, 1.82) is 0 Å². The molecule has 0 aliphatic carbocycles. The van der Waals surface area contributed by atoms with Gasteiger partial charge in [-0.15, -0.1) is 0 Å². The monoisotopic (exact) mass is 331 g/mol. The predicted octanol–water partition coefficient (Wildman–Crippen LogP) is 2.58. The standard InChI is InChI=1S/C17H18ClN3O2/c1-20(16-5-3-2-4-13(16)18)10-11-6-7-15-12(8-11)9-14(19)17(22)21(15)23/h2-8,14,23H,9-10,19H2,1H3/t14-/m0/s1. The second-order valence-electron chi connectivity index (χ2n) is 5.73. The Balaban J connectivity index is 1.84. The van der Waals surface area contributed by atoms with E-state index in [0.29, 0.717) is 28.7 Å². The quantitative estimate of drug-likeness (QED) is 0.848. The van der Waals surface area contributed by atoms with Crippen molar-refractivity contribution in [2.45, 2.75) is 19.0 Å². The van der Waals surface area contributed by atoms with Gasteiger partial charge in [0.05, 0.1) is 22.4 Å². The van der Waals surface area contributed by atoms with Gasteiger partial charge in [0, 0.05) is 13.6 Å². The Hall–Kier alpha value is -2.08. The molecule has 0 unspecified atom stereocenters. The van der Waals surface area contributed by atoms with Gasteiger partial charge in [0.15, 0.2) is 0 Å².